The molecule has 0 heterocycles. The highest BCUT2D eigenvalue weighted by Crippen LogP contribution is 2.19. The molecule has 154 valence electrons. The first-order valence-corrected chi connectivity index (χ1v) is 11.1. The molecule has 9 heteroatoms. The number of amides is 2. The zero-order chi connectivity index (χ0) is 21.6. The van der Waals surface area contributed by atoms with Gasteiger partial charge in [-0.05, 0) is 48.5 Å². The predicted molar refractivity (Wildman–Crippen MR) is 119 cm³/mol. The first kappa shape index (κ1) is 21.5. The van der Waals surface area contributed by atoms with Crippen molar-refractivity contribution in [1.82, 2.24) is 5.32 Å². The molecule has 0 aliphatic rings. The average molecular weight is 488 g/mol. The fourth-order valence-electron chi connectivity index (χ4n) is 2.57. The van der Waals surface area contributed by atoms with E-state index in [1.54, 1.807) is 60.7 Å². The molecule has 0 spiro atoms. The molecule has 0 saturated carbocycles. The summed E-state index contributed by atoms with van der Waals surface area (Å²) in [6, 6.07) is 21.1. The van der Waals surface area contributed by atoms with E-state index in [0.29, 0.717) is 16.9 Å². The molecule has 0 aliphatic heterocycles. The smallest absolute Gasteiger partial charge is 0.261 e. The van der Waals surface area contributed by atoms with Crippen LogP contribution in [0, 0.1) is 0 Å². The summed E-state index contributed by atoms with van der Waals surface area (Å²) < 4.78 is 28.1. The van der Waals surface area contributed by atoms with E-state index in [2.05, 4.69) is 31.3 Å². The molecule has 3 rings (SSSR count). The molecular formula is C21H18BrN3O4S. The quantitative estimate of drug-likeness (QED) is 0.473. The molecule has 3 aromatic rings. The van der Waals surface area contributed by atoms with E-state index in [-0.39, 0.29) is 17.3 Å². The van der Waals surface area contributed by atoms with E-state index in [9.17, 15) is 18.0 Å². The summed E-state index contributed by atoms with van der Waals surface area (Å²) >= 11 is 3.29. The largest absolute Gasteiger partial charge is 0.343 e. The molecule has 0 aromatic heterocycles. The summed E-state index contributed by atoms with van der Waals surface area (Å²) in [5, 5.41) is 5.17. The number of carbonyl (C=O) groups excluding carboxylic acids is 2. The monoisotopic (exact) mass is 487 g/mol. The predicted octanol–water partition coefficient (Wildman–Crippen LogP) is 3.62. The molecule has 0 atom stereocenters. The lowest BCUT2D eigenvalue weighted by Crippen LogP contribution is -2.32. The summed E-state index contributed by atoms with van der Waals surface area (Å²) in [5.41, 5.74) is 1.12. The number of rotatable bonds is 7. The second-order valence-electron chi connectivity index (χ2n) is 6.24. The Labute approximate surface area is 182 Å². The Kier molecular flexibility index (Phi) is 6.86. The zero-order valence-electron chi connectivity index (χ0n) is 15.6. The van der Waals surface area contributed by atoms with E-state index in [4.69, 9.17) is 0 Å². The number of sulfonamides is 1. The fourth-order valence-corrected chi connectivity index (χ4v) is 4.04. The summed E-state index contributed by atoms with van der Waals surface area (Å²) in [6.07, 6.45) is 0. The number of anilines is 2. The van der Waals surface area contributed by atoms with Gasteiger partial charge in [0.05, 0.1) is 17.1 Å². The topological polar surface area (TPSA) is 104 Å². The van der Waals surface area contributed by atoms with Gasteiger partial charge in [0.2, 0.25) is 5.91 Å². The number of hydrogen-bond donors (Lipinski definition) is 3. The second kappa shape index (κ2) is 9.55. The van der Waals surface area contributed by atoms with Crippen LogP contribution in [-0.4, -0.2) is 26.8 Å². The second-order valence-corrected chi connectivity index (χ2v) is 8.84. The van der Waals surface area contributed by atoms with Gasteiger partial charge in [-0.2, -0.15) is 0 Å². The Balaban J connectivity index is 1.59. The van der Waals surface area contributed by atoms with Gasteiger partial charge in [0, 0.05) is 15.7 Å². The normalized spacial score (nSPS) is 10.8. The van der Waals surface area contributed by atoms with Crippen LogP contribution in [-0.2, 0) is 14.8 Å². The summed E-state index contributed by atoms with van der Waals surface area (Å²) in [5.74, 6) is -0.822. The molecule has 30 heavy (non-hydrogen) atoms. The molecular weight excluding hydrogens is 470 g/mol. The van der Waals surface area contributed by atoms with Crippen molar-refractivity contribution in [2.24, 2.45) is 0 Å². The molecule has 0 radical (unpaired) electrons. The number of carbonyl (C=O) groups is 2. The highest BCUT2D eigenvalue weighted by Gasteiger charge is 2.14. The standard InChI is InChI=1S/C21H18BrN3O4S/c22-16-7-4-6-15(12-16)21(27)23-14-20(26)24-17-8-5-9-18(13-17)25-30(28,29)19-10-2-1-3-11-19/h1-13,25H,14H2,(H,23,27)(H,24,26). The van der Waals surface area contributed by atoms with Crippen LogP contribution >= 0.6 is 15.9 Å². The van der Waals surface area contributed by atoms with Crippen molar-refractivity contribution in [3.05, 3.63) is 88.9 Å². The van der Waals surface area contributed by atoms with Crippen molar-refractivity contribution >= 4 is 49.1 Å². The van der Waals surface area contributed by atoms with Crippen molar-refractivity contribution in [2.45, 2.75) is 4.90 Å². The first-order chi connectivity index (χ1) is 14.3. The molecule has 0 fully saturated rings. The van der Waals surface area contributed by atoms with Crippen LogP contribution in [0.25, 0.3) is 0 Å². The minimum Gasteiger partial charge on any atom is -0.343 e. The van der Waals surface area contributed by atoms with Crippen LogP contribution in [0.1, 0.15) is 10.4 Å². The van der Waals surface area contributed by atoms with Gasteiger partial charge in [0.1, 0.15) is 0 Å². The minimum atomic E-state index is -3.74. The van der Waals surface area contributed by atoms with Crippen LogP contribution in [0.2, 0.25) is 0 Å². The van der Waals surface area contributed by atoms with Crippen molar-refractivity contribution in [3.8, 4) is 0 Å². The van der Waals surface area contributed by atoms with Gasteiger partial charge in [-0.15, -0.1) is 0 Å². The number of nitrogens with one attached hydrogen (secondary N) is 3. The lowest BCUT2D eigenvalue weighted by Gasteiger charge is -2.11. The maximum absolute atomic E-state index is 12.4. The van der Waals surface area contributed by atoms with Crippen LogP contribution in [0.3, 0.4) is 0 Å². The van der Waals surface area contributed by atoms with Crippen LogP contribution in [0.15, 0.2) is 88.2 Å². The van der Waals surface area contributed by atoms with Crippen molar-refractivity contribution < 1.29 is 18.0 Å². The maximum Gasteiger partial charge on any atom is 0.261 e. The third kappa shape index (κ3) is 5.91. The molecule has 7 nitrogen and oxygen atoms in total. The van der Waals surface area contributed by atoms with Crippen LogP contribution in [0.4, 0.5) is 11.4 Å². The SMILES string of the molecule is O=C(CNC(=O)c1cccc(Br)c1)Nc1cccc(NS(=O)(=O)c2ccccc2)c1. The lowest BCUT2D eigenvalue weighted by atomic mass is 10.2. The number of hydrogen-bond acceptors (Lipinski definition) is 4. The third-order valence-electron chi connectivity index (χ3n) is 3.95. The van der Waals surface area contributed by atoms with Crippen molar-refractivity contribution in [1.29, 1.82) is 0 Å². The van der Waals surface area contributed by atoms with E-state index in [0.717, 1.165) is 4.47 Å². The summed E-state index contributed by atoms with van der Waals surface area (Å²) in [7, 11) is -3.74. The molecule has 0 aliphatic carbocycles. The molecule has 2 amide bonds. The fraction of sp³-hybridized carbons (Fsp3) is 0.0476. The number of benzene rings is 3. The van der Waals surface area contributed by atoms with Gasteiger partial charge in [-0.1, -0.05) is 46.3 Å². The molecule has 0 bridgehead atoms. The zero-order valence-corrected chi connectivity index (χ0v) is 18.0. The van der Waals surface area contributed by atoms with Gasteiger partial charge < -0.3 is 10.6 Å². The maximum atomic E-state index is 12.4. The molecule has 3 N–H and O–H groups in total. The van der Waals surface area contributed by atoms with Crippen LogP contribution < -0.4 is 15.4 Å². The van der Waals surface area contributed by atoms with E-state index in [1.165, 1.54) is 18.2 Å². The third-order valence-corrected chi connectivity index (χ3v) is 5.84. The van der Waals surface area contributed by atoms with Gasteiger partial charge in [-0.3, -0.25) is 14.3 Å². The van der Waals surface area contributed by atoms with Gasteiger partial charge in [0.25, 0.3) is 15.9 Å². The van der Waals surface area contributed by atoms with Gasteiger partial charge in [-0.25, -0.2) is 8.42 Å². The summed E-state index contributed by atoms with van der Waals surface area (Å²) in [6.45, 7) is -0.231. The van der Waals surface area contributed by atoms with E-state index < -0.39 is 15.9 Å². The minimum absolute atomic E-state index is 0.134. The van der Waals surface area contributed by atoms with Gasteiger partial charge >= 0.3 is 0 Å². The Hall–Kier alpha value is -3.17. The van der Waals surface area contributed by atoms with E-state index >= 15 is 0 Å². The number of halogens is 1. The Morgan fingerprint density at radius 1 is 0.833 bits per heavy atom. The Bertz CT molecular complexity index is 1170. The average Bonchev–Trinajstić information content (AvgIpc) is 2.72. The molecule has 0 saturated heterocycles. The Morgan fingerprint density at radius 3 is 2.27 bits per heavy atom. The van der Waals surface area contributed by atoms with Crippen LogP contribution in [0.5, 0.6) is 0 Å². The summed E-state index contributed by atoms with van der Waals surface area (Å²) in [4.78, 5) is 24.4. The lowest BCUT2D eigenvalue weighted by molar-refractivity contribution is -0.115. The van der Waals surface area contributed by atoms with Gasteiger partial charge in [0.15, 0.2) is 0 Å². The van der Waals surface area contributed by atoms with Crippen molar-refractivity contribution in [2.75, 3.05) is 16.6 Å². The Morgan fingerprint density at radius 2 is 1.53 bits per heavy atom. The molecule has 3 aromatic carbocycles. The highest BCUT2D eigenvalue weighted by molar-refractivity contribution is 9.10. The first-order valence-electron chi connectivity index (χ1n) is 8.85. The van der Waals surface area contributed by atoms with E-state index in [1.807, 2.05) is 0 Å². The van der Waals surface area contributed by atoms with Crippen molar-refractivity contribution in [3.63, 3.8) is 0 Å². The molecule has 0 unspecified atom stereocenters. The highest BCUT2D eigenvalue weighted by atomic mass is 79.9.